The van der Waals surface area contributed by atoms with E-state index in [0.717, 1.165) is 0 Å². The summed E-state index contributed by atoms with van der Waals surface area (Å²) in [6.07, 6.45) is 4.05. The number of rotatable bonds is 2. The van der Waals surface area contributed by atoms with Crippen molar-refractivity contribution in [1.29, 1.82) is 5.26 Å². The Morgan fingerprint density at radius 3 is 2.59 bits per heavy atom. The lowest BCUT2D eigenvalue weighted by atomic mass is 10.2. The molecule has 0 saturated heterocycles. The van der Waals surface area contributed by atoms with Gasteiger partial charge >= 0.3 is 5.97 Å². The van der Waals surface area contributed by atoms with E-state index in [9.17, 15) is 4.79 Å². The SMILES string of the molecule is N#Cc1ccc(-c2nccnc2C(=O)O)nc1. The molecule has 0 bridgehead atoms. The average molecular weight is 226 g/mol. The monoisotopic (exact) mass is 226 g/mol. The molecule has 0 atom stereocenters. The molecule has 0 aliphatic carbocycles. The maximum Gasteiger partial charge on any atom is 0.356 e. The number of aromatic carboxylic acids is 1. The van der Waals surface area contributed by atoms with Crippen LogP contribution in [0.3, 0.4) is 0 Å². The maximum atomic E-state index is 10.9. The van der Waals surface area contributed by atoms with Gasteiger partial charge < -0.3 is 5.11 Å². The summed E-state index contributed by atoms with van der Waals surface area (Å²) in [4.78, 5) is 22.6. The van der Waals surface area contributed by atoms with Crippen molar-refractivity contribution in [2.45, 2.75) is 0 Å². The van der Waals surface area contributed by atoms with E-state index in [-0.39, 0.29) is 11.4 Å². The molecule has 2 aromatic heterocycles. The molecule has 0 unspecified atom stereocenters. The smallest absolute Gasteiger partial charge is 0.356 e. The lowest BCUT2D eigenvalue weighted by Gasteiger charge is -2.02. The molecule has 0 aliphatic rings. The molecule has 2 aromatic rings. The van der Waals surface area contributed by atoms with E-state index in [1.54, 1.807) is 6.07 Å². The molecule has 82 valence electrons. The molecule has 0 amide bonds. The summed E-state index contributed by atoms with van der Waals surface area (Å²) in [5.41, 5.74) is 0.790. The van der Waals surface area contributed by atoms with Crippen molar-refractivity contribution < 1.29 is 9.90 Å². The first kappa shape index (κ1) is 10.7. The zero-order chi connectivity index (χ0) is 12.3. The van der Waals surface area contributed by atoms with Crippen molar-refractivity contribution in [3.63, 3.8) is 0 Å². The van der Waals surface area contributed by atoms with Crippen molar-refractivity contribution in [3.05, 3.63) is 42.0 Å². The summed E-state index contributed by atoms with van der Waals surface area (Å²) in [5.74, 6) is -1.17. The molecule has 0 spiro atoms. The van der Waals surface area contributed by atoms with Gasteiger partial charge in [0.05, 0.1) is 11.3 Å². The quantitative estimate of drug-likeness (QED) is 0.823. The highest BCUT2D eigenvalue weighted by molar-refractivity contribution is 5.91. The second-order valence-electron chi connectivity index (χ2n) is 3.10. The summed E-state index contributed by atoms with van der Waals surface area (Å²) in [7, 11) is 0. The van der Waals surface area contributed by atoms with Crippen LogP contribution in [0.1, 0.15) is 16.1 Å². The number of nitrogens with zero attached hydrogens (tertiary/aromatic N) is 4. The Morgan fingerprint density at radius 1 is 1.24 bits per heavy atom. The van der Waals surface area contributed by atoms with E-state index in [1.807, 2.05) is 6.07 Å². The van der Waals surface area contributed by atoms with Gasteiger partial charge in [0.2, 0.25) is 0 Å². The van der Waals surface area contributed by atoms with Crippen LogP contribution in [0.25, 0.3) is 11.4 Å². The molecule has 0 radical (unpaired) electrons. The van der Waals surface area contributed by atoms with Gasteiger partial charge in [-0.05, 0) is 12.1 Å². The first-order valence-corrected chi connectivity index (χ1v) is 4.63. The number of nitriles is 1. The maximum absolute atomic E-state index is 10.9. The third-order valence-corrected chi connectivity index (χ3v) is 2.04. The van der Waals surface area contributed by atoms with Crippen LogP contribution in [0.15, 0.2) is 30.7 Å². The molecule has 0 saturated carbocycles. The van der Waals surface area contributed by atoms with Gasteiger partial charge in [0.1, 0.15) is 11.8 Å². The molecule has 0 aliphatic heterocycles. The van der Waals surface area contributed by atoms with Crippen LogP contribution < -0.4 is 0 Å². The Kier molecular flexibility index (Phi) is 2.75. The number of hydrogen-bond donors (Lipinski definition) is 1. The first-order chi connectivity index (χ1) is 8.22. The van der Waals surface area contributed by atoms with E-state index >= 15 is 0 Å². The van der Waals surface area contributed by atoms with Gasteiger partial charge in [0.15, 0.2) is 5.69 Å². The zero-order valence-corrected chi connectivity index (χ0v) is 8.53. The molecular weight excluding hydrogens is 220 g/mol. The van der Waals surface area contributed by atoms with Gasteiger partial charge in [-0.1, -0.05) is 0 Å². The predicted molar refractivity (Wildman–Crippen MR) is 56.9 cm³/mol. The third-order valence-electron chi connectivity index (χ3n) is 2.04. The highest BCUT2D eigenvalue weighted by Gasteiger charge is 2.14. The molecule has 2 heterocycles. The largest absolute Gasteiger partial charge is 0.476 e. The lowest BCUT2D eigenvalue weighted by molar-refractivity contribution is 0.0691. The van der Waals surface area contributed by atoms with E-state index < -0.39 is 5.97 Å². The first-order valence-electron chi connectivity index (χ1n) is 4.63. The van der Waals surface area contributed by atoms with Crippen molar-refractivity contribution in [2.75, 3.05) is 0 Å². The lowest BCUT2D eigenvalue weighted by Crippen LogP contribution is -2.05. The Hall–Kier alpha value is -2.81. The molecule has 0 fully saturated rings. The third kappa shape index (κ3) is 2.08. The van der Waals surface area contributed by atoms with Gasteiger partial charge in [-0.15, -0.1) is 0 Å². The molecule has 2 rings (SSSR count). The fourth-order valence-electron chi connectivity index (χ4n) is 1.28. The number of hydrogen-bond acceptors (Lipinski definition) is 5. The Labute approximate surface area is 96.2 Å². The van der Waals surface area contributed by atoms with Crippen molar-refractivity contribution in [3.8, 4) is 17.5 Å². The van der Waals surface area contributed by atoms with Gasteiger partial charge in [-0.2, -0.15) is 5.26 Å². The molecular formula is C11H6N4O2. The number of carbonyl (C=O) groups is 1. The summed E-state index contributed by atoms with van der Waals surface area (Å²) < 4.78 is 0. The van der Waals surface area contributed by atoms with E-state index in [0.29, 0.717) is 11.3 Å². The summed E-state index contributed by atoms with van der Waals surface area (Å²) in [6.45, 7) is 0. The molecule has 6 nitrogen and oxygen atoms in total. The highest BCUT2D eigenvalue weighted by Crippen LogP contribution is 2.17. The van der Waals surface area contributed by atoms with E-state index in [1.165, 1.54) is 24.7 Å². The summed E-state index contributed by atoms with van der Waals surface area (Å²) in [6, 6.07) is 5.01. The van der Waals surface area contributed by atoms with Crippen LogP contribution in [-0.2, 0) is 0 Å². The second kappa shape index (κ2) is 4.37. The fourth-order valence-corrected chi connectivity index (χ4v) is 1.28. The highest BCUT2D eigenvalue weighted by atomic mass is 16.4. The average Bonchev–Trinajstić information content (AvgIpc) is 2.39. The van der Waals surface area contributed by atoms with Crippen molar-refractivity contribution in [1.82, 2.24) is 15.0 Å². The van der Waals surface area contributed by atoms with Crippen LogP contribution >= 0.6 is 0 Å². The van der Waals surface area contributed by atoms with E-state index in [4.69, 9.17) is 10.4 Å². The fraction of sp³-hybridized carbons (Fsp3) is 0. The zero-order valence-electron chi connectivity index (χ0n) is 8.53. The standard InChI is InChI=1S/C11H6N4O2/c12-5-7-1-2-8(15-6-7)9-10(11(16)17)14-4-3-13-9/h1-4,6H,(H,16,17). The van der Waals surface area contributed by atoms with E-state index in [2.05, 4.69) is 15.0 Å². The van der Waals surface area contributed by atoms with Crippen molar-refractivity contribution in [2.24, 2.45) is 0 Å². The normalized spacial score (nSPS) is 9.59. The minimum Gasteiger partial charge on any atom is -0.476 e. The van der Waals surface area contributed by atoms with Crippen LogP contribution in [-0.4, -0.2) is 26.0 Å². The molecule has 17 heavy (non-hydrogen) atoms. The van der Waals surface area contributed by atoms with Crippen molar-refractivity contribution >= 4 is 5.97 Å². The van der Waals surface area contributed by atoms with Gasteiger partial charge in [-0.25, -0.2) is 9.78 Å². The van der Waals surface area contributed by atoms with Crippen LogP contribution in [0, 0.1) is 11.3 Å². The predicted octanol–water partition coefficient (Wildman–Crippen LogP) is 1.11. The molecule has 6 heteroatoms. The Morgan fingerprint density at radius 2 is 2.00 bits per heavy atom. The minimum absolute atomic E-state index is 0.162. The number of pyridine rings is 1. The second-order valence-corrected chi connectivity index (χ2v) is 3.10. The Balaban J connectivity index is 2.53. The topological polar surface area (TPSA) is 99.8 Å². The minimum atomic E-state index is -1.17. The van der Waals surface area contributed by atoms with Gasteiger partial charge in [0, 0.05) is 18.6 Å². The summed E-state index contributed by atoms with van der Waals surface area (Å²) >= 11 is 0. The summed E-state index contributed by atoms with van der Waals surface area (Å²) in [5, 5.41) is 17.6. The van der Waals surface area contributed by atoms with Crippen LogP contribution in [0.2, 0.25) is 0 Å². The van der Waals surface area contributed by atoms with Gasteiger partial charge in [0.25, 0.3) is 0 Å². The van der Waals surface area contributed by atoms with Crippen LogP contribution in [0.5, 0.6) is 0 Å². The Bertz CT molecular complexity index is 602. The number of carboxylic acids is 1. The van der Waals surface area contributed by atoms with Gasteiger partial charge in [-0.3, -0.25) is 9.97 Å². The number of aromatic nitrogens is 3. The molecule has 0 aromatic carbocycles. The number of carboxylic acid groups (broad SMARTS) is 1. The molecule has 1 N–H and O–H groups in total. The van der Waals surface area contributed by atoms with Crippen LogP contribution in [0.4, 0.5) is 0 Å².